The van der Waals surface area contributed by atoms with Crippen molar-refractivity contribution in [2.45, 2.75) is 58.4 Å². The van der Waals surface area contributed by atoms with Crippen LogP contribution in [0.15, 0.2) is 88.9 Å². The molecule has 1 fully saturated rings. The van der Waals surface area contributed by atoms with Gasteiger partial charge in [0, 0.05) is 41.4 Å². The molecular formula is C35H38N4OS. The lowest BCUT2D eigenvalue weighted by molar-refractivity contribution is -0.122. The number of H-pyrrole nitrogens is 1. The van der Waals surface area contributed by atoms with Crippen LogP contribution in [-0.4, -0.2) is 39.6 Å². The van der Waals surface area contributed by atoms with Crippen molar-refractivity contribution >= 4 is 51.2 Å². The number of amidine groups is 1. The highest BCUT2D eigenvalue weighted by atomic mass is 32.2. The number of nitrogens with zero attached hydrogens (tertiary/aromatic N) is 3. The Morgan fingerprint density at radius 1 is 1.05 bits per heavy atom. The molecule has 6 heteroatoms. The minimum absolute atomic E-state index is 0.0176. The van der Waals surface area contributed by atoms with Gasteiger partial charge in [-0.25, -0.2) is 4.99 Å². The molecule has 0 bridgehead atoms. The Bertz CT molecular complexity index is 1630. The Hall–Kier alpha value is -3.77. The van der Waals surface area contributed by atoms with E-state index in [1.54, 1.807) is 0 Å². The van der Waals surface area contributed by atoms with Gasteiger partial charge in [-0.1, -0.05) is 56.3 Å². The molecule has 4 aromatic rings. The molecule has 0 saturated carbocycles. The molecule has 1 amide bonds. The second-order valence-corrected chi connectivity index (χ2v) is 12.8. The Balaban J connectivity index is 1.31. The van der Waals surface area contributed by atoms with Crippen molar-refractivity contribution in [3.63, 3.8) is 0 Å². The summed E-state index contributed by atoms with van der Waals surface area (Å²) in [6, 6.07) is 24.9. The zero-order valence-corrected chi connectivity index (χ0v) is 25.2. The van der Waals surface area contributed by atoms with Gasteiger partial charge in [0.1, 0.15) is 0 Å². The third-order valence-electron chi connectivity index (χ3n) is 8.30. The molecule has 0 aliphatic carbocycles. The Labute approximate surface area is 247 Å². The van der Waals surface area contributed by atoms with Crippen molar-refractivity contribution in [3.8, 4) is 0 Å². The molecule has 3 aromatic carbocycles. The van der Waals surface area contributed by atoms with Crippen LogP contribution < -0.4 is 4.90 Å². The van der Waals surface area contributed by atoms with Gasteiger partial charge in [-0.3, -0.25) is 9.69 Å². The molecule has 0 spiro atoms. The smallest absolute Gasteiger partial charge is 0.266 e. The summed E-state index contributed by atoms with van der Waals surface area (Å²) in [4.78, 5) is 27.2. The fourth-order valence-electron chi connectivity index (χ4n) is 6.37. The van der Waals surface area contributed by atoms with Gasteiger partial charge in [0.15, 0.2) is 5.17 Å². The maximum absolute atomic E-state index is 13.8. The predicted octanol–water partition coefficient (Wildman–Crippen LogP) is 8.52. The standard InChI is InChI=1S/C35H38N4OS/c1-5-18-39-31-16-15-25(20-29(31)24(2)22-35(39,3)4)21-32-33(40)38(34(41-32)37-27-11-7-6-8-12-27)19-17-26-23-36-30-14-10-9-13-28(26)30/h6-16,20-21,23-24,36H,5,17-19,22H2,1-4H3/b32-21+,37-34?. The number of carbonyl (C=O) groups excluding carboxylic acids is 1. The van der Waals surface area contributed by atoms with Crippen molar-refractivity contribution in [3.05, 3.63) is 101 Å². The van der Waals surface area contributed by atoms with E-state index in [-0.39, 0.29) is 11.4 Å². The summed E-state index contributed by atoms with van der Waals surface area (Å²) in [5, 5.41) is 1.93. The molecule has 1 N–H and O–H groups in total. The first-order chi connectivity index (χ1) is 19.8. The number of rotatable bonds is 7. The first kappa shape index (κ1) is 27.4. The molecule has 0 radical (unpaired) electrons. The molecule has 1 unspecified atom stereocenters. The SMILES string of the molecule is CCCN1c2ccc(/C=C3/SC(=Nc4ccccc4)N(CCc4c[nH]c5ccccc45)C3=O)cc2C(C)CC1(C)C. The second kappa shape index (κ2) is 11.2. The number of fused-ring (bicyclic) bond motifs is 2. The number of aromatic amines is 1. The fraction of sp³-hybridized carbons (Fsp3) is 0.314. The molecule has 2 aliphatic rings. The first-order valence-corrected chi connectivity index (χ1v) is 15.5. The van der Waals surface area contributed by atoms with Gasteiger partial charge < -0.3 is 9.88 Å². The van der Waals surface area contributed by atoms with E-state index < -0.39 is 0 Å². The summed E-state index contributed by atoms with van der Waals surface area (Å²) < 4.78 is 0. The van der Waals surface area contributed by atoms with Crippen LogP contribution in [0.1, 0.15) is 63.1 Å². The number of amides is 1. The summed E-state index contributed by atoms with van der Waals surface area (Å²) in [7, 11) is 0. The van der Waals surface area contributed by atoms with Crippen LogP contribution in [0, 0.1) is 0 Å². The summed E-state index contributed by atoms with van der Waals surface area (Å²) >= 11 is 1.47. The number of hydrogen-bond donors (Lipinski definition) is 1. The lowest BCUT2D eigenvalue weighted by atomic mass is 9.79. The molecule has 1 aromatic heterocycles. The number of carbonyl (C=O) groups is 1. The number of aromatic nitrogens is 1. The van der Waals surface area contributed by atoms with E-state index in [0.29, 0.717) is 17.4 Å². The summed E-state index contributed by atoms with van der Waals surface area (Å²) in [6.45, 7) is 10.9. The monoisotopic (exact) mass is 562 g/mol. The van der Waals surface area contributed by atoms with Gasteiger partial charge in [0.25, 0.3) is 5.91 Å². The first-order valence-electron chi connectivity index (χ1n) is 14.7. The lowest BCUT2D eigenvalue weighted by Crippen LogP contribution is -2.48. The van der Waals surface area contributed by atoms with E-state index in [4.69, 9.17) is 4.99 Å². The molecule has 3 heterocycles. The van der Waals surface area contributed by atoms with Gasteiger partial charge in [-0.05, 0) is 104 Å². The Morgan fingerprint density at radius 2 is 1.83 bits per heavy atom. The molecule has 210 valence electrons. The van der Waals surface area contributed by atoms with Gasteiger partial charge in [0.05, 0.1) is 10.6 Å². The molecule has 41 heavy (non-hydrogen) atoms. The highest BCUT2D eigenvalue weighted by Crippen LogP contribution is 2.44. The topological polar surface area (TPSA) is 51.7 Å². The highest BCUT2D eigenvalue weighted by molar-refractivity contribution is 8.18. The van der Waals surface area contributed by atoms with E-state index >= 15 is 0 Å². The number of nitrogens with one attached hydrogen (secondary N) is 1. The summed E-state index contributed by atoms with van der Waals surface area (Å²) in [5.41, 5.74) is 7.08. The van der Waals surface area contributed by atoms with Crippen molar-refractivity contribution in [2.75, 3.05) is 18.0 Å². The number of para-hydroxylation sites is 2. The van der Waals surface area contributed by atoms with Gasteiger partial charge in [-0.15, -0.1) is 0 Å². The zero-order valence-electron chi connectivity index (χ0n) is 24.4. The van der Waals surface area contributed by atoms with Crippen LogP contribution in [0.5, 0.6) is 0 Å². The predicted molar refractivity (Wildman–Crippen MR) is 174 cm³/mol. The molecule has 5 nitrogen and oxygen atoms in total. The molecule has 2 aliphatic heterocycles. The van der Waals surface area contributed by atoms with Gasteiger partial charge in [-0.2, -0.15) is 0 Å². The van der Waals surface area contributed by atoms with Crippen LogP contribution in [-0.2, 0) is 11.2 Å². The average Bonchev–Trinajstić information content (AvgIpc) is 3.50. The summed E-state index contributed by atoms with van der Waals surface area (Å²) in [6.07, 6.45) is 7.09. The quantitative estimate of drug-likeness (QED) is 0.230. The minimum Gasteiger partial charge on any atom is -0.366 e. The third kappa shape index (κ3) is 5.45. The maximum atomic E-state index is 13.8. The highest BCUT2D eigenvalue weighted by Gasteiger charge is 2.36. The van der Waals surface area contributed by atoms with E-state index in [2.05, 4.69) is 86.2 Å². The van der Waals surface area contributed by atoms with Crippen molar-refractivity contribution in [2.24, 2.45) is 4.99 Å². The maximum Gasteiger partial charge on any atom is 0.266 e. The van der Waals surface area contributed by atoms with E-state index in [0.717, 1.165) is 47.7 Å². The third-order valence-corrected chi connectivity index (χ3v) is 9.31. The van der Waals surface area contributed by atoms with Crippen LogP contribution in [0.2, 0.25) is 0 Å². The van der Waals surface area contributed by atoms with E-state index in [1.807, 2.05) is 41.3 Å². The minimum atomic E-state index is 0.0176. The zero-order chi connectivity index (χ0) is 28.6. The fourth-order valence-corrected chi connectivity index (χ4v) is 7.39. The second-order valence-electron chi connectivity index (χ2n) is 11.8. The van der Waals surface area contributed by atoms with Crippen LogP contribution >= 0.6 is 11.8 Å². The Morgan fingerprint density at radius 3 is 2.63 bits per heavy atom. The largest absolute Gasteiger partial charge is 0.366 e. The van der Waals surface area contributed by atoms with Gasteiger partial charge >= 0.3 is 0 Å². The average molecular weight is 563 g/mol. The lowest BCUT2D eigenvalue weighted by Gasteiger charge is -2.47. The van der Waals surface area contributed by atoms with Crippen LogP contribution in [0.4, 0.5) is 11.4 Å². The van der Waals surface area contributed by atoms with Crippen molar-refractivity contribution < 1.29 is 4.79 Å². The van der Waals surface area contributed by atoms with Crippen LogP contribution in [0.3, 0.4) is 0 Å². The molecular weight excluding hydrogens is 524 g/mol. The number of anilines is 1. The number of benzene rings is 3. The number of hydrogen-bond acceptors (Lipinski definition) is 4. The van der Waals surface area contributed by atoms with Crippen molar-refractivity contribution in [1.82, 2.24) is 9.88 Å². The van der Waals surface area contributed by atoms with Crippen molar-refractivity contribution in [1.29, 1.82) is 0 Å². The summed E-state index contributed by atoms with van der Waals surface area (Å²) in [5.74, 6) is 0.477. The van der Waals surface area contributed by atoms with Crippen LogP contribution in [0.25, 0.3) is 17.0 Å². The van der Waals surface area contributed by atoms with Gasteiger partial charge in [0.2, 0.25) is 0 Å². The Kier molecular flexibility index (Phi) is 7.52. The molecule has 6 rings (SSSR count). The number of thioether (sulfide) groups is 1. The molecule has 1 saturated heterocycles. The number of aliphatic imine (C=N–C) groups is 1. The van der Waals surface area contributed by atoms with E-state index in [1.165, 1.54) is 34.0 Å². The van der Waals surface area contributed by atoms with E-state index in [9.17, 15) is 4.79 Å². The normalized spacial score (nSPS) is 20.4. The molecule has 1 atom stereocenters.